The van der Waals surface area contributed by atoms with Gasteiger partial charge in [-0.1, -0.05) is 45.2 Å². The van der Waals surface area contributed by atoms with E-state index < -0.39 is 0 Å². The number of carbonyl (C=O) groups is 1. The van der Waals surface area contributed by atoms with Crippen molar-refractivity contribution in [3.63, 3.8) is 0 Å². The Balaban J connectivity index is 2.76. The van der Waals surface area contributed by atoms with E-state index in [0.717, 1.165) is 0 Å². The van der Waals surface area contributed by atoms with E-state index in [4.69, 9.17) is 23.2 Å². The number of carbonyl (C=O) groups excluding carboxylic acids is 1. The average molecular weight is 297 g/mol. The highest BCUT2D eigenvalue weighted by Gasteiger charge is 2.06. The Hall–Kier alpha value is -0.250. The van der Waals surface area contributed by atoms with E-state index in [1.54, 1.807) is 18.2 Å². The molecule has 1 aromatic carbocycles. The Morgan fingerprint density at radius 2 is 2.14 bits per heavy atom. The van der Waals surface area contributed by atoms with Gasteiger partial charge in [0.1, 0.15) is 0 Å². The minimum Gasteiger partial charge on any atom is -0.325 e. The fourth-order valence-electron chi connectivity index (χ4n) is 0.899. The quantitative estimate of drug-likeness (QED) is 0.846. The smallest absolute Gasteiger partial charge is 0.225 e. The number of alkyl halides is 1. The second kappa shape index (κ2) is 5.59. The van der Waals surface area contributed by atoms with Crippen molar-refractivity contribution in [3.8, 4) is 0 Å². The van der Waals surface area contributed by atoms with Crippen LogP contribution in [0.5, 0.6) is 0 Å². The van der Waals surface area contributed by atoms with Gasteiger partial charge in [-0.05, 0) is 12.1 Å². The normalized spacial score (nSPS) is 9.93. The first-order valence-corrected chi connectivity index (χ1v) is 5.82. The minimum absolute atomic E-state index is 0.0916. The number of hydrogen-bond acceptors (Lipinski definition) is 1. The summed E-state index contributed by atoms with van der Waals surface area (Å²) < 4.78 is 0. The van der Waals surface area contributed by atoms with E-state index in [0.29, 0.717) is 27.5 Å². The first-order valence-electron chi connectivity index (χ1n) is 3.95. The van der Waals surface area contributed by atoms with Crippen LogP contribution in [0.15, 0.2) is 18.2 Å². The summed E-state index contributed by atoms with van der Waals surface area (Å²) in [5.41, 5.74) is 0.546. The van der Waals surface area contributed by atoms with E-state index in [2.05, 4.69) is 21.2 Å². The van der Waals surface area contributed by atoms with Crippen molar-refractivity contribution in [2.75, 3.05) is 10.6 Å². The molecule has 5 heteroatoms. The molecule has 0 atom stereocenters. The summed E-state index contributed by atoms with van der Waals surface area (Å²) >= 11 is 14.8. The molecule has 0 spiro atoms. The highest BCUT2D eigenvalue weighted by Crippen LogP contribution is 2.29. The van der Waals surface area contributed by atoms with Crippen LogP contribution in [0.4, 0.5) is 5.69 Å². The molecule has 0 aliphatic carbocycles. The van der Waals surface area contributed by atoms with Crippen molar-refractivity contribution >= 4 is 50.7 Å². The number of nitrogens with one attached hydrogen (secondary N) is 1. The lowest BCUT2D eigenvalue weighted by molar-refractivity contribution is -0.115. The minimum atomic E-state index is -0.0916. The van der Waals surface area contributed by atoms with Crippen LogP contribution in [0.2, 0.25) is 10.0 Å². The Bertz CT molecular complexity index is 344. The number of hydrogen-bond donors (Lipinski definition) is 1. The fraction of sp³-hybridized carbons (Fsp3) is 0.222. The summed E-state index contributed by atoms with van der Waals surface area (Å²) in [6, 6.07) is 5.11. The summed E-state index contributed by atoms with van der Waals surface area (Å²) in [7, 11) is 0. The second-order valence-corrected chi connectivity index (χ2v) is 4.17. The lowest BCUT2D eigenvalue weighted by Gasteiger charge is -2.06. The van der Waals surface area contributed by atoms with Crippen LogP contribution in [-0.2, 0) is 4.79 Å². The third-order valence-electron chi connectivity index (χ3n) is 1.55. The molecule has 0 bridgehead atoms. The molecule has 14 heavy (non-hydrogen) atoms. The Morgan fingerprint density at radius 1 is 1.43 bits per heavy atom. The number of rotatable bonds is 3. The highest BCUT2D eigenvalue weighted by molar-refractivity contribution is 9.09. The van der Waals surface area contributed by atoms with Crippen molar-refractivity contribution in [1.29, 1.82) is 0 Å². The maximum Gasteiger partial charge on any atom is 0.225 e. The summed E-state index contributed by atoms with van der Waals surface area (Å²) in [5.74, 6) is -0.0916. The largest absolute Gasteiger partial charge is 0.325 e. The predicted octanol–water partition coefficient (Wildman–Crippen LogP) is 3.72. The molecule has 0 radical (unpaired) electrons. The number of halogens is 3. The fourth-order valence-corrected chi connectivity index (χ4v) is 1.61. The number of amides is 1. The highest BCUT2D eigenvalue weighted by atomic mass is 79.9. The van der Waals surface area contributed by atoms with Crippen molar-refractivity contribution < 1.29 is 4.79 Å². The summed E-state index contributed by atoms with van der Waals surface area (Å²) in [6.07, 6.45) is 0.406. The number of benzene rings is 1. The first kappa shape index (κ1) is 11.8. The van der Waals surface area contributed by atoms with Crippen LogP contribution in [0.25, 0.3) is 0 Å². The molecule has 0 aliphatic heterocycles. The molecule has 0 saturated heterocycles. The van der Waals surface area contributed by atoms with E-state index >= 15 is 0 Å². The zero-order valence-corrected chi connectivity index (χ0v) is 10.3. The molecule has 0 aliphatic rings. The summed E-state index contributed by atoms with van der Waals surface area (Å²) in [6.45, 7) is 0. The lowest BCUT2D eigenvalue weighted by Crippen LogP contribution is -2.11. The van der Waals surface area contributed by atoms with Crippen LogP contribution < -0.4 is 5.32 Å². The topological polar surface area (TPSA) is 29.1 Å². The summed E-state index contributed by atoms with van der Waals surface area (Å²) in [4.78, 5) is 11.2. The SMILES string of the molecule is O=C(CCBr)Nc1cccc(Cl)c1Cl. The molecular weight excluding hydrogens is 289 g/mol. The maximum atomic E-state index is 11.2. The van der Waals surface area contributed by atoms with Crippen molar-refractivity contribution in [1.82, 2.24) is 0 Å². The van der Waals surface area contributed by atoms with Crippen molar-refractivity contribution in [2.24, 2.45) is 0 Å². The molecule has 0 saturated carbocycles. The maximum absolute atomic E-state index is 11.2. The molecule has 1 aromatic rings. The van der Waals surface area contributed by atoms with Crippen LogP contribution in [-0.4, -0.2) is 11.2 Å². The molecule has 0 heterocycles. The number of anilines is 1. The van der Waals surface area contributed by atoms with Crippen LogP contribution in [0, 0.1) is 0 Å². The standard InChI is InChI=1S/C9H8BrCl2NO/c10-5-4-8(14)13-7-3-1-2-6(11)9(7)12/h1-3H,4-5H2,(H,13,14). The van der Waals surface area contributed by atoms with E-state index in [1.807, 2.05) is 0 Å². The van der Waals surface area contributed by atoms with Crippen molar-refractivity contribution in [3.05, 3.63) is 28.2 Å². The molecular formula is C9H8BrCl2NO. The molecule has 1 rings (SSSR count). The van der Waals surface area contributed by atoms with Gasteiger partial charge in [-0.15, -0.1) is 0 Å². The van der Waals surface area contributed by atoms with Gasteiger partial charge in [0, 0.05) is 11.8 Å². The zero-order valence-electron chi connectivity index (χ0n) is 7.19. The summed E-state index contributed by atoms with van der Waals surface area (Å²) in [5, 5.41) is 4.09. The Morgan fingerprint density at radius 3 is 2.79 bits per heavy atom. The molecule has 76 valence electrons. The van der Waals surface area contributed by atoms with E-state index in [-0.39, 0.29) is 5.91 Å². The third-order valence-corrected chi connectivity index (χ3v) is 2.76. The van der Waals surface area contributed by atoms with Gasteiger partial charge in [0.15, 0.2) is 0 Å². The van der Waals surface area contributed by atoms with E-state index in [9.17, 15) is 4.79 Å². The van der Waals surface area contributed by atoms with Gasteiger partial charge in [-0.3, -0.25) is 4.79 Å². The van der Waals surface area contributed by atoms with E-state index in [1.165, 1.54) is 0 Å². The molecule has 0 unspecified atom stereocenters. The van der Waals surface area contributed by atoms with Gasteiger partial charge < -0.3 is 5.32 Å². The predicted molar refractivity (Wildman–Crippen MR) is 63.5 cm³/mol. The van der Waals surface area contributed by atoms with Gasteiger partial charge in [0.2, 0.25) is 5.91 Å². The lowest BCUT2D eigenvalue weighted by atomic mass is 10.3. The molecule has 0 aromatic heterocycles. The van der Waals surface area contributed by atoms with Crippen LogP contribution in [0.1, 0.15) is 6.42 Å². The monoisotopic (exact) mass is 295 g/mol. The van der Waals surface area contributed by atoms with Gasteiger partial charge >= 0.3 is 0 Å². The van der Waals surface area contributed by atoms with Gasteiger partial charge in [-0.2, -0.15) is 0 Å². The third kappa shape index (κ3) is 3.15. The molecule has 0 fully saturated rings. The van der Waals surface area contributed by atoms with Gasteiger partial charge in [0.25, 0.3) is 0 Å². The Kier molecular flexibility index (Phi) is 4.72. The molecule has 2 nitrogen and oxygen atoms in total. The second-order valence-electron chi connectivity index (χ2n) is 2.59. The zero-order chi connectivity index (χ0) is 10.6. The molecule has 1 amide bonds. The van der Waals surface area contributed by atoms with Crippen molar-refractivity contribution in [2.45, 2.75) is 6.42 Å². The average Bonchev–Trinajstić information content (AvgIpc) is 2.13. The van der Waals surface area contributed by atoms with Gasteiger partial charge in [0.05, 0.1) is 15.7 Å². The van der Waals surface area contributed by atoms with Crippen LogP contribution in [0.3, 0.4) is 0 Å². The Labute approximate surface area is 101 Å². The first-order chi connectivity index (χ1) is 6.65. The molecule has 1 N–H and O–H groups in total. The van der Waals surface area contributed by atoms with Gasteiger partial charge in [-0.25, -0.2) is 0 Å². The van der Waals surface area contributed by atoms with Crippen LogP contribution >= 0.6 is 39.1 Å².